The second kappa shape index (κ2) is 4.46. The molecule has 1 saturated heterocycles. The van der Waals surface area contributed by atoms with Gasteiger partial charge in [0.1, 0.15) is 4.99 Å². The summed E-state index contributed by atoms with van der Waals surface area (Å²) in [5.41, 5.74) is 6.62. The van der Waals surface area contributed by atoms with Gasteiger partial charge in [-0.05, 0) is 12.1 Å². The van der Waals surface area contributed by atoms with E-state index in [0.717, 1.165) is 0 Å². The highest BCUT2D eigenvalue weighted by molar-refractivity contribution is 7.80. The second-order valence-corrected chi connectivity index (χ2v) is 4.03. The zero-order chi connectivity index (χ0) is 12.4. The first-order valence-electron chi connectivity index (χ1n) is 4.90. The molecule has 0 radical (unpaired) electrons. The quantitative estimate of drug-likeness (QED) is 0.526. The third-order valence-electron chi connectivity index (χ3n) is 2.31. The summed E-state index contributed by atoms with van der Waals surface area (Å²) in [6.07, 6.45) is 1.54. The van der Waals surface area contributed by atoms with E-state index >= 15 is 0 Å². The number of nitrogens with zero attached hydrogens (tertiary/aromatic N) is 2. The summed E-state index contributed by atoms with van der Waals surface area (Å²) in [5, 5.41) is 2.23. The molecule has 0 aromatic carbocycles. The lowest BCUT2D eigenvalue weighted by atomic mass is 10.2. The molecule has 2 rings (SSSR count). The van der Waals surface area contributed by atoms with Crippen molar-refractivity contribution < 1.29 is 9.59 Å². The van der Waals surface area contributed by atoms with Gasteiger partial charge in [-0.3, -0.25) is 19.9 Å². The first-order chi connectivity index (χ1) is 8.06. The van der Waals surface area contributed by atoms with Crippen molar-refractivity contribution in [2.75, 3.05) is 18.0 Å². The predicted molar refractivity (Wildman–Crippen MR) is 65.5 cm³/mol. The molecular weight excluding hydrogens is 240 g/mol. The third-order valence-corrected chi connectivity index (χ3v) is 2.52. The van der Waals surface area contributed by atoms with Crippen LogP contribution in [0.15, 0.2) is 18.3 Å². The Morgan fingerprint density at radius 2 is 2.00 bits per heavy atom. The average molecular weight is 250 g/mol. The van der Waals surface area contributed by atoms with Crippen LogP contribution in [0.3, 0.4) is 0 Å². The summed E-state index contributed by atoms with van der Waals surface area (Å²) in [6, 6.07) is 3.39. The normalized spacial score (nSPS) is 15.6. The maximum Gasteiger partial charge on any atom is 0.246 e. The van der Waals surface area contributed by atoms with Crippen LogP contribution in [0.2, 0.25) is 0 Å². The van der Waals surface area contributed by atoms with Crippen LogP contribution in [0.25, 0.3) is 0 Å². The van der Waals surface area contributed by atoms with Crippen molar-refractivity contribution in [3.8, 4) is 0 Å². The van der Waals surface area contributed by atoms with E-state index in [2.05, 4.69) is 10.3 Å². The highest BCUT2D eigenvalue weighted by atomic mass is 32.1. The van der Waals surface area contributed by atoms with Gasteiger partial charge in [-0.2, -0.15) is 0 Å². The number of thiocarbonyl (C=S) groups is 1. The number of nitrogens with one attached hydrogen (secondary N) is 1. The molecule has 0 saturated carbocycles. The van der Waals surface area contributed by atoms with Crippen molar-refractivity contribution in [2.45, 2.75) is 0 Å². The van der Waals surface area contributed by atoms with Crippen LogP contribution in [0.1, 0.15) is 5.69 Å². The van der Waals surface area contributed by atoms with E-state index in [9.17, 15) is 9.59 Å². The smallest absolute Gasteiger partial charge is 0.246 e. The molecule has 1 aromatic rings. The van der Waals surface area contributed by atoms with Crippen molar-refractivity contribution in [3.63, 3.8) is 0 Å². The molecule has 2 amide bonds. The average Bonchev–Trinajstić information content (AvgIpc) is 2.28. The van der Waals surface area contributed by atoms with Gasteiger partial charge >= 0.3 is 0 Å². The molecule has 1 aliphatic heterocycles. The molecule has 0 atom stereocenters. The molecule has 1 aliphatic rings. The predicted octanol–water partition coefficient (Wildman–Crippen LogP) is -0.821. The molecule has 0 bridgehead atoms. The number of carbonyl (C=O) groups excluding carboxylic acids is 2. The lowest BCUT2D eigenvalue weighted by Gasteiger charge is -2.27. The van der Waals surface area contributed by atoms with Gasteiger partial charge in [-0.1, -0.05) is 12.2 Å². The standard InChI is InChI=1S/C10H10N4O2S/c11-10(17)7-2-1-6(3-12-7)14-4-8(15)13-9(16)5-14/h1-3H,4-5H2,(H2,11,17)(H,13,15,16). The van der Waals surface area contributed by atoms with Gasteiger partial charge in [-0.15, -0.1) is 0 Å². The van der Waals surface area contributed by atoms with Crippen molar-refractivity contribution >= 4 is 34.7 Å². The van der Waals surface area contributed by atoms with Crippen LogP contribution in [0.5, 0.6) is 0 Å². The summed E-state index contributed by atoms with van der Waals surface area (Å²) in [6.45, 7) is 0.277. The van der Waals surface area contributed by atoms with E-state index in [1.54, 1.807) is 23.2 Å². The number of nitrogens with two attached hydrogens (primary N) is 1. The first-order valence-corrected chi connectivity index (χ1v) is 5.30. The Balaban J connectivity index is 2.19. The van der Waals surface area contributed by atoms with E-state index < -0.39 is 0 Å². The van der Waals surface area contributed by atoms with Gasteiger partial charge in [0.05, 0.1) is 30.7 Å². The van der Waals surface area contributed by atoms with Crippen LogP contribution in [-0.2, 0) is 9.59 Å². The number of rotatable bonds is 2. The van der Waals surface area contributed by atoms with Crippen LogP contribution in [0.4, 0.5) is 5.69 Å². The molecule has 17 heavy (non-hydrogen) atoms. The monoisotopic (exact) mass is 250 g/mol. The lowest BCUT2D eigenvalue weighted by Crippen LogP contribution is -2.51. The van der Waals surface area contributed by atoms with Gasteiger partial charge in [0.15, 0.2) is 0 Å². The molecule has 3 N–H and O–H groups in total. The molecule has 2 heterocycles. The number of pyridine rings is 1. The van der Waals surface area contributed by atoms with Gasteiger partial charge in [0, 0.05) is 0 Å². The number of imide groups is 1. The van der Waals surface area contributed by atoms with Crippen molar-refractivity contribution in [3.05, 3.63) is 24.0 Å². The first kappa shape index (κ1) is 11.5. The van der Waals surface area contributed by atoms with Gasteiger partial charge in [-0.25, -0.2) is 0 Å². The Morgan fingerprint density at radius 3 is 2.47 bits per heavy atom. The largest absolute Gasteiger partial charge is 0.388 e. The summed E-state index contributed by atoms with van der Waals surface area (Å²) < 4.78 is 0. The van der Waals surface area contributed by atoms with Crippen LogP contribution < -0.4 is 16.0 Å². The van der Waals surface area contributed by atoms with Gasteiger partial charge in [0.25, 0.3) is 0 Å². The Kier molecular flexibility index (Phi) is 3.01. The summed E-state index contributed by atoms with van der Waals surface area (Å²) in [4.78, 5) is 28.3. The summed E-state index contributed by atoms with van der Waals surface area (Å²) in [5.74, 6) is -0.639. The molecule has 1 fully saturated rings. The van der Waals surface area contributed by atoms with Crippen LogP contribution >= 0.6 is 12.2 Å². The highest BCUT2D eigenvalue weighted by Crippen LogP contribution is 2.14. The van der Waals surface area contributed by atoms with Crippen molar-refractivity contribution in [1.29, 1.82) is 0 Å². The van der Waals surface area contributed by atoms with Crippen molar-refractivity contribution in [1.82, 2.24) is 10.3 Å². The Hall–Kier alpha value is -2.02. The summed E-state index contributed by atoms with van der Waals surface area (Å²) in [7, 11) is 0. The zero-order valence-electron chi connectivity index (χ0n) is 8.84. The molecule has 0 aliphatic carbocycles. The Labute approximate surface area is 103 Å². The summed E-state index contributed by atoms with van der Waals surface area (Å²) >= 11 is 4.78. The number of hydrogen-bond donors (Lipinski definition) is 2. The minimum absolute atomic E-state index is 0.139. The number of piperazine rings is 1. The van der Waals surface area contributed by atoms with Crippen LogP contribution in [0, 0.1) is 0 Å². The van der Waals surface area contributed by atoms with E-state index in [-0.39, 0.29) is 29.9 Å². The Morgan fingerprint density at radius 1 is 1.35 bits per heavy atom. The number of amides is 2. The maximum atomic E-state index is 11.2. The lowest BCUT2D eigenvalue weighted by molar-refractivity contribution is -0.130. The van der Waals surface area contributed by atoms with Gasteiger partial charge in [0.2, 0.25) is 11.8 Å². The molecule has 7 heteroatoms. The number of carbonyl (C=O) groups is 2. The molecule has 0 unspecified atom stereocenters. The third kappa shape index (κ3) is 2.56. The fourth-order valence-electron chi connectivity index (χ4n) is 1.54. The highest BCUT2D eigenvalue weighted by Gasteiger charge is 2.22. The number of aromatic nitrogens is 1. The number of hydrogen-bond acceptors (Lipinski definition) is 5. The number of anilines is 1. The topological polar surface area (TPSA) is 88.3 Å². The molecular formula is C10H10N4O2S. The minimum atomic E-state index is -0.320. The molecule has 0 spiro atoms. The fraction of sp³-hybridized carbons (Fsp3) is 0.200. The fourth-order valence-corrected chi connectivity index (χ4v) is 1.66. The molecule has 88 valence electrons. The molecule has 1 aromatic heterocycles. The Bertz CT molecular complexity index is 470. The SMILES string of the molecule is NC(=S)c1ccc(N2CC(=O)NC(=O)C2)cn1. The second-order valence-electron chi connectivity index (χ2n) is 3.59. The van der Waals surface area contributed by atoms with E-state index in [0.29, 0.717) is 11.4 Å². The zero-order valence-corrected chi connectivity index (χ0v) is 9.66. The van der Waals surface area contributed by atoms with E-state index in [4.69, 9.17) is 18.0 Å². The minimum Gasteiger partial charge on any atom is -0.388 e. The van der Waals surface area contributed by atoms with Crippen molar-refractivity contribution in [2.24, 2.45) is 5.73 Å². The van der Waals surface area contributed by atoms with E-state index in [1.807, 2.05) is 0 Å². The van der Waals surface area contributed by atoms with Crippen LogP contribution in [-0.4, -0.2) is 34.9 Å². The van der Waals surface area contributed by atoms with Gasteiger partial charge < -0.3 is 10.6 Å². The molecule has 6 nitrogen and oxygen atoms in total. The van der Waals surface area contributed by atoms with E-state index in [1.165, 1.54) is 0 Å². The maximum absolute atomic E-state index is 11.2.